The molecule has 0 amide bonds. The molecule has 0 N–H and O–H groups in total. The molecule has 0 nitrogen and oxygen atoms in total. The summed E-state index contributed by atoms with van der Waals surface area (Å²) in [7, 11) is 0. The van der Waals surface area contributed by atoms with E-state index < -0.39 is 0 Å². The molecule has 1 heteroatoms. The van der Waals surface area contributed by atoms with Crippen molar-refractivity contribution < 1.29 is 15.0 Å². The molecule has 22 heavy (non-hydrogen) atoms. The fourth-order valence-electron chi connectivity index (χ4n) is 2.83. The van der Waals surface area contributed by atoms with Crippen LogP contribution in [-0.2, 0) is 15.0 Å². The zero-order chi connectivity index (χ0) is 15.5. The summed E-state index contributed by atoms with van der Waals surface area (Å²) in [5.41, 5.74) is 7.91. The minimum absolute atomic E-state index is 1.32. The van der Waals surface area contributed by atoms with Crippen LogP contribution in [0.3, 0.4) is 0 Å². The van der Waals surface area contributed by atoms with Gasteiger partial charge in [0.25, 0.3) is 0 Å². The first-order chi connectivity index (χ1) is 10.7. The Labute approximate surface area is 139 Å². The molecule has 0 aliphatic rings. The number of hydrogen-bond donors (Lipinski definition) is 0. The van der Waals surface area contributed by atoms with Crippen LogP contribution in [0.1, 0.15) is 11.1 Å². The first-order valence-electron chi connectivity index (χ1n) is 7.35. The summed E-state index contributed by atoms with van der Waals surface area (Å²) in [5.74, 6) is 2.16. The standard InChI is InChI=1S/C20H17.CH3.Cu/c1-15-8-3-5-12-19(15)17-10-7-11-18(14-17)20-13-6-4-9-16(20)2;;/h3-13H,1-2H3;1H3;. The molecule has 3 aromatic carbocycles. The molecular formula is C21H20Cu. The molecule has 0 spiro atoms. The van der Waals surface area contributed by atoms with Gasteiger partial charge < -0.3 is 0 Å². The predicted octanol–water partition coefficient (Wildman–Crippen LogP) is 5.39. The van der Waals surface area contributed by atoms with E-state index in [1.807, 2.05) is 15.0 Å². The maximum atomic E-state index is 2.23. The van der Waals surface area contributed by atoms with Crippen molar-refractivity contribution in [3.8, 4) is 22.3 Å². The normalized spacial score (nSPS) is 10.9. The van der Waals surface area contributed by atoms with E-state index in [2.05, 4.69) is 86.4 Å². The minimum atomic E-state index is 1.32. The molecule has 0 aliphatic heterocycles. The number of hydrogen-bond acceptors (Lipinski definition) is 0. The molecule has 0 aliphatic carbocycles. The molecule has 3 rings (SSSR count). The van der Waals surface area contributed by atoms with Crippen LogP contribution in [0.5, 0.6) is 0 Å². The summed E-state index contributed by atoms with van der Waals surface area (Å²) in [5, 5.41) is 0. The van der Waals surface area contributed by atoms with Gasteiger partial charge in [-0.1, -0.05) is 0 Å². The molecule has 0 heterocycles. The second-order valence-electron chi connectivity index (χ2n) is 5.41. The third kappa shape index (κ3) is 2.75. The van der Waals surface area contributed by atoms with Gasteiger partial charge in [0, 0.05) is 0 Å². The van der Waals surface area contributed by atoms with Crippen LogP contribution in [0.4, 0.5) is 0 Å². The first kappa shape index (κ1) is 15.1. The van der Waals surface area contributed by atoms with Crippen molar-refractivity contribution in [3.05, 3.63) is 77.9 Å². The van der Waals surface area contributed by atoms with Gasteiger partial charge in [0.2, 0.25) is 0 Å². The van der Waals surface area contributed by atoms with E-state index >= 15 is 0 Å². The summed E-state index contributed by atoms with van der Waals surface area (Å²) >= 11 is 1.93. The van der Waals surface area contributed by atoms with Crippen LogP contribution in [0.25, 0.3) is 22.3 Å². The molecular weight excluding hydrogens is 316 g/mol. The Morgan fingerprint density at radius 3 is 1.36 bits per heavy atom. The Bertz CT molecular complexity index is 739. The molecule has 0 aromatic heterocycles. The summed E-state index contributed by atoms with van der Waals surface area (Å²) in [4.78, 5) is 0. The van der Waals surface area contributed by atoms with Crippen molar-refractivity contribution in [3.63, 3.8) is 0 Å². The van der Waals surface area contributed by atoms with E-state index in [0.717, 1.165) is 0 Å². The molecule has 3 aromatic rings. The summed E-state index contributed by atoms with van der Waals surface area (Å²) < 4.78 is 1.34. The summed E-state index contributed by atoms with van der Waals surface area (Å²) in [6.45, 7) is 4.36. The Balaban J connectivity index is 2.25. The Morgan fingerprint density at radius 2 is 0.955 bits per heavy atom. The van der Waals surface area contributed by atoms with Crippen LogP contribution < -0.4 is 4.46 Å². The zero-order valence-corrected chi connectivity index (χ0v) is 14.1. The van der Waals surface area contributed by atoms with Gasteiger partial charge in [-0.05, 0) is 0 Å². The molecule has 0 saturated carbocycles. The quantitative estimate of drug-likeness (QED) is 0.563. The van der Waals surface area contributed by atoms with Gasteiger partial charge >= 0.3 is 139 Å². The average molecular weight is 336 g/mol. The van der Waals surface area contributed by atoms with Crippen molar-refractivity contribution in [2.24, 2.45) is 0 Å². The predicted molar refractivity (Wildman–Crippen MR) is 92.3 cm³/mol. The second-order valence-corrected chi connectivity index (χ2v) is 6.35. The van der Waals surface area contributed by atoms with Crippen LogP contribution in [0.15, 0.2) is 66.7 Å². The summed E-state index contributed by atoms with van der Waals surface area (Å²) in [6, 6.07) is 23.8. The van der Waals surface area contributed by atoms with Crippen molar-refractivity contribution in [2.45, 2.75) is 19.7 Å². The van der Waals surface area contributed by atoms with Gasteiger partial charge in [-0.25, -0.2) is 0 Å². The van der Waals surface area contributed by atoms with Crippen molar-refractivity contribution in [2.75, 3.05) is 0 Å². The monoisotopic (exact) mass is 335 g/mol. The van der Waals surface area contributed by atoms with Crippen LogP contribution in [-0.4, -0.2) is 0 Å². The fourth-order valence-corrected chi connectivity index (χ4v) is 3.75. The zero-order valence-electron chi connectivity index (χ0n) is 13.2. The number of benzene rings is 3. The molecule has 0 fully saturated rings. The summed E-state index contributed by atoms with van der Waals surface area (Å²) in [6.07, 6.45) is 0. The van der Waals surface area contributed by atoms with E-state index in [9.17, 15) is 0 Å². The molecule has 0 bridgehead atoms. The topological polar surface area (TPSA) is 0 Å². The maximum absolute atomic E-state index is 2.23. The number of rotatable bonds is 3. The van der Waals surface area contributed by atoms with Crippen molar-refractivity contribution in [1.29, 1.82) is 0 Å². The third-order valence-electron chi connectivity index (χ3n) is 3.98. The molecule has 115 valence electrons. The average Bonchev–Trinajstić information content (AvgIpc) is 2.55. The van der Waals surface area contributed by atoms with Crippen LogP contribution >= 0.6 is 0 Å². The van der Waals surface area contributed by atoms with E-state index in [1.165, 1.54) is 37.8 Å². The van der Waals surface area contributed by atoms with Gasteiger partial charge in [0.1, 0.15) is 0 Å². The Morgan fingerprint density at radius 1 is 0.545 bits per heavy atom. The van der Waals surface area contributed by atoms with Crippen LogP contribution in [0, 0.1) is 13.8 Å². The number of aryl methyl sites for hydroxylation is 2. The fraction of sp³-hybridized carbons (Fsp3) is 0.143. The Kier molecular flexibility index (Phi) is 4.47. The van der Waals surface area contributed by atoms with E-state index in [-0.39, 0.29) is 0 Å². The van der Waals surface area contributed by atoms with E-state index in [4.69, 9.17) is 0 Å². The molecule has 0 unspecified atom stereocenters. The molecule has 0 saturated heterocycles. The first-order valence-corrected chi connectivity index (χ1v) is 8.76. The Hall–Kier alpha value is -1.82. The van der Waals surface area contributed by atoms with Gasteiger partial charge in [-0.15, -0.1) is 0 Å². The van der Waals surface area contributed by atoms with Gasteiger partial charge in [-0.3, -0.25) is 0 Å². The molecule has 0 radical (unpaired) electrons. The molecule has 0 atom stereocenters. The van der Waals surface area contributed by atoms with Gasteiger partial charge in [0.15, 0.2) is 0 Å². The second kappa shape index (κ2) is 6.52. The third-order valence-corrected chi connectivity index (χ3v) is 4.96. The van der Waals surface area contributed by atoms with Gasteiger partial charge in [0.05, 0.1) is 0 Å². The van der Waals surface area contributed by atoms with Crippen LogP contribution in [0.2, 0.25) is 5.82 Å². The van der Waals surface area contributed by atoms with E-state index in [0.29, 0.717) is 0 Å². The SMILES string of the molecule is [CH3][Cu][c]1c(-c2ccccc2C)cccc1-c1ccccc1C. The van der Waals surface area contributed by atoms with Crippen molar-refractivity contribution >= 4 is 4.46 Å². The van der Waals surface area contributed by atoms with Crippen molar-refractivity contribution in [1.82, 2.24) is 0 Å². The van der Waals surface area contributed by atoms with E-state index in [1.54, 1.807) is 0 Å². The van der Waals surface area contributed by atoms with Gasteiger partial charge in [-0.2, -0.15) is 0 Å².